The number of rotatable bonds is 5. The minimum atomic E-state index is -4.62. The van der Waals surface area contributed by atoms with Gasteiger partial charge in [-0.05, 0) is 26.0 Å². The second-order valence-electron chi connectivity index (χ2n) is 5.47. The van der Waals surface area contributed by atoms with Gasteiger partial charge in [-0.25, -0.2) is 4.98 Å². The third-order valence-electron chi connectivity index (χ3n) is 3.25. The fourth-order valence-electron chi connectivity index (χ4n) is 1.70. The van der Waals surface area contributed by atoms with Gasteiger partial charge in [0.05, 0.1) is 0 Å². The van der Waals surface area contributed by atoms with Gasteiger partial charge >= 0.3 is 12.4 Å². The third-order valence-corrected chi connectivity index (χ3v) is 3.46. The van der Waals surface area contributed by atoms with Crippen molar-refractivity contribution in [3.8, 4) is 11.5 Å². The number of hydrogen-bond acceptors (Lipinski definition) is 6. The number of nitrogens with one attached hydrogen (secondary N) is 2. The largest absolute Gasteiger partial charge is 0.408 e. The van der Waals surface area contributed by atoms with E-state index in [0.717, 1.165) is 13.8 Å². The first-order chi connectivity index (χ1) is 12.4. The predicted molar refractivity (Wildman–Crippen MR) is 93.1 cm³/mol. The molecular weight excluding hydrogens is 414 g/mol. The summed E-state index contributed by atoms with van der Waals surface area (Å²) in [6.45, 7) is 1.62. The van der Waals surface area contributed by atoms with Crippen molar-refractivity contribution in [1.29, 1.82) is 0 Å². The highest BCUT2D eigenvalue weighted by atomic mass is 35.5. The molecule has 0 amide bonds. The van der Waals surface area contributed by atoms with Crippen molar-refractivity contribution in [2.45, 2.75) is 45.7 Å². The Morgan fingerprint density at radius 2 is 1.29 bits per heavy atom. The average Bonchev–Trinajstić information content (AvgIpc) is 2.52. The lowest BCUT2D eigenvalue weighted by molar-refractivity contribution is -0.139. The van der Waals surface area contributed by atoms with Gasteiger partial charge in [0.2, 0.25) is 11.9 Å². The molecule has 2 rings (SSSR count). The molecular formula is C15H17ClF6N6. The molecule has 0 radical (unpaired) electrons. The van der Waals surface area contributed by atoms with Crippen LogP contribution in [0, 0.1) is 0 Å². The fraction of sp³-hybridized carbons (Fsp3) is 0.467. The van der Waals surface area contributed by atoms with Gasteiger partial charge in [-0.2, -0.15) is 41.3 Å². The van der Waals surface area contributed by atoms with Crippen LogP contribution < -0.4 is 10.6 Å². The van der Waals surface area contributed by atoms with Crippen molar-refractivity contribution < 1.29 is 26.3 Å². The highest BCUT2D eigenvalue weighted by Crippen LogP contribution is 2.26. The van der Waals surface area contributed by atoms with Crippen LogP contribution in [0.3, 0.4) is 0 Å². The number of aromatic nitrogens is 4. The number of hydrogen-bond donors (Lipinski definition) is 2. The van der Waals surface area contributed by atoms with Crippen LogP contribution in [0.1, 0.15) is 21.3 Å². The van der Waals surface area contributed by atoms with Crippen molar-refractivity contribution in [3.05, 3.63) is 23.4 Å². The van der Waals surface area contributed by atoms with Gasteiger partial charge in [0.1, 0.15) is 22.9 Å². The van der Waals surface area contributed by atoms with Gasteiger partial charge in [0.25, 0.3) is 0 Å². The molecule has 2 aromatic heterocycles. The lowest BCUT2D eigenvalue weighted by Gasteiger charge is -2.20. The van der Waals surface area contributed by atoms with Gasteiger partial charge in [-0.15, -0.1) is 0 Å². The molecule has 6 nitrogen and oxygen atoms in total. The Bertz CT molecular complexity index is 757. The molecule has 156 valence electrons. The maximum atomic E-state index is 12.8. The Hall–Kier alpha value is -2.37. The second kappa shape index (κ2) is 8.76. The highest BCUT2D eigenvalue weighted by molar-refractivity contribution is 6.29. The Kier molecular flexibility index (Phi) is 7.40. The molecule has 0 aliphatic carbocycles. The third kappa shape index (κ3) is 6.36. The summed E-state index contributed by atoms with van der Waals surface area (Å²) in [5.74, 6) is -1.38. The molecule has 1 unspecified atom stereocenters. The molecule has 0 bridgehead atoms. The second-order valence-corrected chi connectivity index (χ2v) is 5.85. The number of alkyl halides is 6. The first kappa shape index (κ1) is 23.7. The predicted octanol–water partition coefficient (Wildman–Crippen LogP) is 4.95. The van der Waals surface area contributed by atoms with Crippen molar-refractivity contribution in [2.24, 2.45) is 0 Å². The molecule has 0 fully saturated rings. The summed E-state index contributed by atoms with van der Waals surface area (Å²) in [6, 6.07) is 0.212. The normalized spacial score (nSPS) is 14.0. The molecule has 13 heteroatoms. The molecule has 2 N–H and O–H groups in total. The Morgan fingerprint density at radius 3 is 1.68 bits per heavy atom. The zero-order valence-corrected chi connectivity index (χ0v) is 14.6. The summed E-state index contributed by atoms with van der Waals surface area (Å²) >= 11 is 5.75. The van der Waals surface area contributed by atoms with E-state index in [0.29, 0.717) is 0 Å². The number of nitrogens with zero attached hydrogens (tertiary/aromatic N) is 4. The molecule has 0 saturated carbocycles. The minimum absolute atomic E-state index is 0. The molecule has 0 saturated heterocycles. The van der Waals surface area contributed by atoms with Crippen LogP contribution in [-0.2, 0) is 0 Å². The van der Waals surface area contributed by atoms with Crippen LogP contribution in [0.25, 0.3) is 11.5 Å². The smallest absolute Gasteiger partial charge is 0.343 e. The van der Waals surface area contributed by atoms with E-state index in [1.807, 2.05) is 10.6 Å². The van der Waals surface area contributed by atoms with E-state index < -0.39 is 36.3 Å². The van der Waals surface area contributed by atoms with E-state index >= 15 is 0 Å². The Balaban J connectivity index is 0.00000392. The van der Waals surface area contributed by atoms with Gasteiger partial charge in [-0.3, -0.25) is 0 Å². The fourth-order valence-corrected chi connectivity index (χ4v) is 1.87. The van der Waals surface area contributed by atoms with Crippen LogP contribution in [-0.4, -0.2) is 44.4 Å². The van der Waals surface area contributed by atoms with Crippen LogP contribution in [0.4, 0.5) is 38.2 Å². The SMILES string of the molecule is C.CC(Nc1nc(N[C@H](C)C(F)(F)F)nc(-c2cccc(Cl)n2)n1)C(F)(F)F. The maximum Gasteiger partial charge on any atom is 0.408 e. The summed E-state index contributed by atoms with van der Waals surface area (Å²) in [4.78, 5) is 15.1. The van der Waals surface area contributed by atoms with E-state index in [1.165, 1.54) is 18.2 Å². The van der Waals surface area contributed by atoms with Crippen molar-refractivity contribution in [3.63, 3.8) is 0 Å². The quantitative estimate of drug-likeness (QED) is 0.516. The summed E-state index contributed by atoms with van der Waals surface area (Å²) in [7, 11) is 0. The summed E-state index contributed by atoms with van der Waals surface area (Å²) < 4.78 is 76.5. The molecule has 2 atom stereocenters. The lowest BCUT2D eigenvalue weighted by Crippen LogP contribution is -2.35. The van der Waals surface area contributed by atoms with Crippen molar-refractivity contribution in [1.82, 2.24) is 19.9 Å². The topological polar surface area (TPSA) is 75.6 Å². The molecule has 2 heterocycles. The van der Waals surface area contributed by atoms with Crippen molar-refractivity contribution >= 4 is 23.5 Å². The number of anilines is 2. The maximum absolute atomic E-state index is 12.8. The van der Waals surface area contributed by atoms with Crippen molar-refractivity contribution in [2.75, 3.05) is 10.6 Å². The van der Waals surface area contributed by atoms with Crippen LogP contribution in [0.2, 0.25) is 5.15 Å². The molecule has 0 aliphatic heterocycles. The first-order valence-corrected chi connectivity index (χ1v) is 7.79. The van der Waals surface area contributed by atoms with E-state index in [4.69, 9.17) is 11.6 Å². The van der Waals surface area contributed by atoms with Gasteiger partial charge < -0.3 is 10.6 Å². The average molecular weight is 431 g/mol. The Labute approximate surface area is 161 Å². The molecule has 0 aromatic carbocycles. The first-order valence-electron chi connectivity index (χ1n) is 7.42. The van der Waals surface area contributed by atoms with E-state index in [2.05, 4.69) is 19.9 Å². The van der Waals surface area contributed by atoms with Gasteiger partial charge in [0, 0.05) is 0 Å². The summed E-state index contributed by atoms with van der Waals surface area (Å²) in [6.07, 6.45) is -9.23. The van der Waals surface area contributed by atoms with Crippen LogP contribution >= 0.6 is 11.6 Å². The van der Waals surface area contributed by atoms with Crippen LogP contribution in [0.5, 0.6) is 0 Å². The van der Waals surface area contributed by atoms with Crippen LogP contribution in [0.15, 0.2) is 18.2 Å². The Morgan fingerprint density at radius 1 is 0.821 bits per heavy atom. The molecule has 0 aliphatic rings. The van der Waals surface area contributed by atoms with E-state index in [9.17, 15) is 26.3 Å². The zero-order chi connectivity index (χ0) is 20.4. The molecule has 2 aromatic rings. The van der Waals surface area contributed by atoms with Gasteiger partial charge in [-0.1, -0.05) is 25.1 Å². The summed E-state index contributed by atoms with van der Waals surface area (Å²) in [5.41, 5.74) is 0.0512. The highest BCUT2D eigenvalue weighted by Gasteiger charge is 2.38. The summed E-state index contributed by atoms with van der Waals surface area (Å²) in [5, 5.41) is 4.03. The number of pyridine rings is 1. The van der Waals surface area contributed by atoms with E-state index in [-0.39, 0.29) is 24.1 Å². The standard InChI is InChI=1S/C14H13ClF6N6.CH4/c1-6(13(16,17)18)22-11-25-10(8-4-3-5-9(15)24-8)26-12(27-11)23-7(2)14(19,20)21;/h3-7H,1-2H3,(H2,22,23,25,26,27);1H4/t6-,7?;/m1./s1. The minimum Gasteiger partial charge on any atom is -0.343 e. The van der Waals surface area contributed by atoms with Gasteiger partial charge in [0.15, 0.2) is 5.82 Å². The molecule has 0 spiro atoms. The molecule has 28 heavy (non-hydrogen) atoms. The lowest BCUT2D eigenvalue weighted by atomic mass is 10.3. The van der Waals surface area contributed by atoms with E-state index in [1.54, 1.807) is 0 Å². The monoisotopic (exact) mass is 430 g/mol. The zero-order valence-electron chi connectivity index (χ0n) is 13.8. The number of halogens is 7.